The first kappa shape index (κ1) is 12.4. The van der Waals surface area contributed by atoms with Gasteiger partial charge >= 0.3 is 0 Å². The third-order valence-corrected chi connectivity index (χ3v) is 3.48. The van der Waals surface area contributed by atoms with E-state index in [0.717, 1.165) is 32.5 Å². The molecular formula is C12H20N2O3. The Labute approximate surface area is 101 Å². The molecule has 2 aliphatic heterocycles. The maximum absolute atomic E-state index is 12.1. The van der Waals surface area contributed by atoms with Gasteiger partial charge in [-0.15, -0.1) is 0 Å². The van der Waals surface area contributed by atoms with Crippen molar-refractivity contribution >= 4 is 11.8 Å². The van der Waals surface area contributed by atoms with E-state index >= 15 is 0 Å². The SMILES string of the molecule is CCOC1CCN(C(=O)C2CNC(=O)C2)CC1. The van der Waals surface area contributed by atoms with Crippen molar-refractivity contribution in [3.63, 3.8) is 0 Å². The van der Waals surface area contributed by atoms with Gasteiger partial charge in [0.25, 0.3) is 0 Å². The van der Waals surface area contributed by atoms with Gasteiger partial charge in [0.2, 0.25) is 11.8 Å². The molecule has 1 atom stereocenters. The van der Waals surface area contributed by atoms with Gasteiger partial charge in [-0.05, 0) is 19.8 Å². The van der Waals surface area contributed by atoms with Gasteiger partial charge in [0.15, 0.2) is 0 Å². The van der Waals surface area contributed by atoms with Crippen LogP contribution in [0.25, 0.3) is 0 Å². The summed E-state index contributed by atoms with van der Waals surface area (Å²) in [6, 6.07) is 0. The number of nitrogens with zero attached hydrogens (tertiary/aromatic N) is 1. The highest BCUT2D eigenvalue weighted by molar-refractivity contribution is 5.89. The highest BCUT2D eigenvalue weighted by Crippen LogP contribution is 2.18. The molecule has 1 N–H and O–H groups in total. The fourth-order valence-corrected chi connectivity index (χ4v) is 2.52. The summed E-state index contributed by atoms with van der Waals surface area (Å²) in [6.45, 7) is 4.75. The standard InChI is InChI=1S/C12H20N2O3/c1-2-17-10-3-5-14(6-4-10)12(16)9-7-11(15)13-8-9/h9-10H,2-8H2,1H3,(H,13,15). The second-order valence-corrected chi connectivity index (χ2v) is 4.69. The summed E-state index contributed by atoms with van der Waals surface area (Å²) in [4.78, 5) is 25.1. The van der Waals surface area contributed by atoms with Gasteiger partial charge in [0.05, 0.1) is 12.0 Å². The number of carbonyl (C=O) groups is 2. The third-order valence-electron chi connectivity index (χ3n) is 3.48. The molecule has 5 heteroatoms. The molecule has 0 saturated carbocycles. The Hall–Kier alpha value is -1.10. The van der Waals surface area contributed by atoms with Crippen LogP contribution in [0.15, 0.2) is 0 Å². The summed E-state index contributed by atoms with van der Waals surface area (Å²) in [5.41, 5.74) is 0. The highest BCUT2D eigenvalue weighted by Gasteiger charge is 2.33. The summed E-state index contributed by atoms with van der Waals surface area (Å²) in [5, 5.41) is 2.71. The van der Waals surface area contributed by atoms with Crippen molar-refractivity contribution in [2.75, 3.05) is 26.2 Å². The smallest absolute Gasteiger partial charge is 0.227 e. The van der Waals surface area contributed by atoms with Crippen molar-refractivity contribution in [3.8, 4) is 0 Å². The van der Waals surface area contributed by atoms with E-state index in [1.807, 2.05) is 11.8 Å². The highest BCUT2D eigenvalue weighted by atomic mass is 16.5. The molecule has 2 heterocycles. The summed E-state index contributed by atoms with van der Waals surface area (Å²) >= 11 is 0. The fraction of sp³-hybridized carbons (Fsp3) is 0.833. The maximum Gasteiger partial charge on any atom is 0.227 e. The van der Waals surface area contributed by atoms with Crippen molar-refractivity contribution in [2.24, 2.45) is 5.92 Å². The first-order valence-corrected chi connectivity index (χ1v) is 6.37. The van der Waals surface area contributed by atoms with E-state index in [1.165, 1.54) is 0 Å². The number of nitrogens with one attached hydrogen (secondary N) is 1. The monoisotopic (exact) mass is 240 g/mol. The number of carbonyl (C=O) groups excluding carboxylic acids is 2. The van der Waals surface area contributed by atoms with E-state index in [1.54, 1.807) is 0 Å². The van der Waals surface area contributed by atoms with Crippen LogP contribution < -0.4 is 5.32 Å². The van der Waals surface area contributed by atoms with Crippen LogP contribution in [0, 0.1) is 5.92 Å². The minimum atomic E-state index is -0.147. The lowest BCUT2D eigenvalue weighted by Gasteiger charge is -2.33. The largest absolute Gasteiger partial charge is 0.378 e. The first-order chi connectivity index (χ1) is 8.20. The molecule has 0 aromatic carbocycles. The minimum absolute atomic E-state index is 0.00690. The predicted octanol–water partition coefficient (Wildman–Crippen LogP) is 0.150. The van der Waals surface area contributed by atoms with Gasteiger partial charge in [-0.1, -0.05) is 0 Å². The molecule has 2 aliphatic rings. The zero-order valence-corrected chi connectivity index (χ0v) is 10.3. The Morgan fingerprint density at radius 2 is 2.18 bits per heavy atom. The molecule has 0 aromatic rings. The molecular weight excluding hydrogens is 220 g/mol. The van der Waals surface area contributed by atoms with Gasteiger partial charge in [0, 0.05) is 32.7 Å². The lowest BCUT2D eigenvalue weighted by atomic mass is 10.0. The van der Waals surface area contributed by atoms with Crippen LogP contribution in [0.3, 0.4) is 0 Å². The molecule has 0 bridgehead atoms. The topological polar surface area (TPSA) is 58.6 Å². The molecule has 0 aromatic heterocycles. The van der Waals surface area contributed by atoms with E-state index < -0.39 is 0 Å². The zero-order chi connectivity index (χ0) is 12.3. The van der Waals surface area contributed by atoms with Crippen LogP contribution in [-0.4, -0.2) is 49.1 Å². The second kappa shape index (κ2) is 5.49. The molecule has 0 aliphatic carbocycles. The second-order valence-electron chi connectivity index (χ2n) is 4.69. The lowest BCUT2D eigenvalue weighted by Crippen LogP contribution is -2.44. The number of rotatable bonds is 3. The Kier molecular flexibility index (Phi) is 3.99. The van der Waals surface area contributed by atoms with Crippen LogP contribution in [0.2, 0.25) is 0 Å². The number of ether oxygens (including phenoxy) is 1. The van der Waals surface area contributed by atoms with Gasteiger partial charge < -0.3 is 15.0 Å². The van der Waals surface area contributed by atoms with Gasteiger partial charge in [-0.3, -0.25) is 9.59 Å². The Balaban J connectivity index is 1.80. The van der Waals surface area contributed by atoms with Gasteiger partial charge in [0.1, 0.15) is 0 Å². The molecule has 1 unspecified atom stereocenters. The predicted molar refractivity (Wildman–Crippen MR) is 62.3 cm³/mol. The van der Waals surface area contributed by atoms with Crippen LogP contribution in [0.4, 0.5) is 0 Å². The minimum Gasteiger partial charge on any atom is -0.378 e. The van der Waals surface area contributed by atoms with E-state index in [0.29, 0.717) is 19.1 Å². The molecule has 0 radical (unpaired) electrons. The number of hydrogen-bond acceptors (Lipinski definition) is 3. The molecule has 2 amide bonds. The third kappa shape index (κ3) is 2.97. The Morgan fingerprint density at radius 1 is 1.47 bits per heavy atom. The van der Waals surface area contributed by atoms with Crippen molar-refractivity contribution in [1.82, 2.24) is 10.2 Å². The quantitative estimate of drug-likeness (QED) is 0.764. The Morgan fingerprint density at radius 3 is 2.71 bits per heavy atom. The van der Waals surface area contributed by atoms with E-state index in [-0.39, 0.29) is 17.7 Å². The molecule has 96 valence electrons. The number of hydrogen-bond donors (Lipinski definition) is 1. The Bertz CT molecular complexity index is 298. The number of piperidine rings is 1. The van der Waals surface area contributed by atoms with Gasteiger partial charge in [-0.2, -0.15) is 0 Å². The van der Waals surface area contributed by atoms with E-state index in [2.05, 4.69) is 5.32 Å². The summed E-state index contributed by atoms with van der Waals surface area (Å²) in [5.74, 6) is -0.0306. The molecule has 0 spiro atoms. The summed E-state index contributed by atoms with van der Waals surface area (Å²) in [7, 11) is 0. The first-order valence-electron chi connectivity index (χ1n) is 6.37. The van der Waals surface area contributed by atoms with Crippen molar-refractivity contribution in [2.45, 2.75) is 32.3 Å². The average molecular weight is 240 g/mol. The number of likely N-dealkylation sites (tertiary alicyclic amines) is 1. The molecule has 2 fully saturated rings. The van der Waals surface area contributed by atoms with Crippen LogP contribution in [-0.2, 0) is 14.3 Å². The van der Waals surface area contributed by atoms with Crippen molar-refractivity contribution < 1.29 is 14.3 Å². The zero-order valence-electron chi connectivity index (χ0n) is 10.3. The molecule has 5 nitrogen and oxygen atoms in total. The lowest BCUT2D eigenvalue weighted by molar-refractivity contribution is -0.138. The fourth-order valence-electron chi connectivity index (χ4n) is 2.52. The van der Waals surface area contributed by atoms with Crippen molar-refractivity contribution in [3.05, 3.63) is 0 Å². The van der Waals surface area contributed by atoms with Crippen LogP contribution in [0.5, 0.6) is 0 Å². The van der Waals surface area contributed by atoms with E-state index in [9.17, 15) is 9.59 Å². The molecule has 2 saturated heterocycles. The van der Waals surface area contributed by atoms with E-state index in [4.69, 9.17) is 4.74 Å². The summed E-state index contributed by atoms with van der Waals surface area (Å²) in [6.07, 6.45) is 2.47. The van der Waals surface area contributed by atoms with Gasteiger partial charge in [-0.25, -0.2) is 0 Å². The average Bonchev–Trinajstić information content (AvgIpc) is 2.76. The summed E-state index contributed by atoms with van der Waals surface area (Å²) < 4.78 is 5.55. The van der Waals surface area contributed by atoms with Crippen LogP contribution in [0.1, 0.15) is 26.2 Å². The molecule has 2 rings (SSSR count). The van der Waals surface area contributed by atoms with Crippen molar-refractivity contribution in [1.29, 1.82) is 0 Å². The van der Waals surface area contributed by atoms with Crippen LogP contribution >= 0.6 is 0 Å². The normalized spacial score (nSPS) is 26.1. The number of amides is 2. The maximum atomic E-state index is 12.1. The molecule has 17 heavy (non-hydrogen) atoms.